The van der Waals surface area contributed by atoms with Crippen LogP contribution in [0.25, 0.3) is 0 Å². The van der Waals surface area contributed by atoms with Gasteiger partial charge in [0.2, 0.25) is 0 Å². The van der Waals surface area contributed by atoms with Crippen molar-refractivity contribution in [1.29, 1.82) is 0 Å². The highest BCUT2D eigenvalue weighted by atomic mass is 35.8. The largest absolute Gasteiger partial charge is 0.459 e. The number of hydrogen-bond donors (Lipinski definition) is 0. The third-order valence-electron chi connectivity index (χ3n) is 1.81. The Labute approximate surface area is 101 Å². The number of alkyl halides is 7. The Hall–Kier alpha value is 0.597. The quantitative estimate of drug-likeness (QED) is 0.393. The number of halogens is 10. The molecule has 0 amide bonds. The number of hydrogen-bond acceptors (Lipinski definition) is 0. The molecule has 0 saturated carbocycles. The van der Waals surface area contributed by atoms with Gasteiger partial charge >= 0.3 is 24.0 Å². The van der Waals surface area contributed by atoms with Gasteiger partial charge in [-0.3, -0.25) is 0 Å². The van der Waals surface area contributed by atoms with Gasteiger partial charge in [-0.1, -0.05) is 6.92 Å². The minimum Gasteiger partial charge on any atom is -0.199 e. The predicted molar refractivity (Wildman–Crippen MR) is 48.7 cm³/mol. The maximum atomic E-state index is 12.9. The van der Waals surface area contributed by atoms with Crippen molar-refractivity contribution in [3.63, 3.8) is 0 Å². The molecule has 0 heterocycles. The lowest BCUT2D eigenvalue weighted by atomic mass is 10.1. The van der Waals surface area contributed by atoms with Gasteiger partial charge in [0, 0.05) is 0 Å². The highest BCUT2D eigenvalue weighted by molar-refractivity contribution is 7.65. The molecule has 0 nitrogen and oxygen atoms in total. The fourth-order valence-corrected chi connectivity index (χ4v) is 2.49. The maximum absolute atomic E-state index is 12.9. The molecule has 0 spiro atoms. The van der Waals surface area contributed by atoms with Crippen LogP contribution in [0.2, 0.25) is 5.54 Å². The summed E-state index contributed by atoms with van der Waals surface area (Å²) in [5, 5.41) is 0. The fourth-order valence-electron chi connectivity index (χ4n) is 0.666. The predicted octanol–water partition coefficient (Wildman–Crippen LogP) is 4.86. The highest BCUT2D eigenvalue weighted by Crippen LogP contribution is 2.56. The summed E-state index contributed by atoms with van der Waals surface area (Å²) in [4.78, 5) is 0. The Balaban J connectivity index is 5.37. The van der Waals surface area contributed by atoms with Crippen molar-refractivity contribution in [2.75, 3.05) is 0 Å². The van der Waals surface area contributed by atoms with E-state index in [0.717, 1.165) is 0 Å². The van der Waals surface area contributed by atoms with Crippen molar-refractivity contribution in [2.24, 2.45) is 0 Å². The van der Waals surface area contributed by atoms with Crippen LogP contribution in [0.3, 0.4) is 0 Å². The Morgan fingerprint density at radius 2 is 1.19 bits per heavy atom. The summed E-state index contributed by atoms with van der Waals surface area (Å²) in [6, 6.07) is -4.40. The normalized spacial score (nSPS) is 17.4. The van der Waals surface area contributed by atoms with Crippen LogP contribution in [0.15, 0.2) is 0 Å². The van der Waals surface area contributed by atoms with E-state index in [-0.39, 0.29) is 0 Å². The van der Waals surface area contributed by atoms with E-state index in [0.29, 0.717) is 6.92 Å². The molecule has 0 aliphatic rings. The van der Waals surface area contributed by atoms with E-state index >= 15 is 0 Å². The van der Waals surface area contributed by atoms with E-state index in [9.17, 15) is 30.7 Å². The smallest absolute Gasteiger partial charge is 0.199 e. The molecule has 0 aliphatic carbocycles. The van der Waals surface area contributed by atoms with Gasteiger partial charge in [-0.2, -0.15) is 30.7 Å². The number of rotatable bonds is 3. The molecule has 0 fully saturated rings. The van der Waals surface area contributed by atoms with Gasteiger partial charge in [0.05, 0.1) is 5.54 Å². The van der Waals surface area contributed by atoms with Crippen molar-refractivity contribution in [3.8, 4) is 0 Å². The topological polar surface area (TPSA) is 0 Å². The molecule has 0 N–H and O–H groups in total. The van der Waals surface area contributed by atoms with Crippen molar-refractivity contribution in [1.82, 2.24) is 0 Å². The third kappa shape index (κ3) is 2.88. The molecule has 1 atom stereocenters. The zero-order valence-corrected chi connectivity index (χ0v) is 10.6. The van der Waals surface area contributed by atoms with Gasteiger partial charge in [-0.15, -0.1) is 33.2 Å². The molecule has 98 valence electrons. The summed E-state index contributed by atoms with van der Waals surface area (Å²) in [7, 11) is 0. The van der Waals surface area contributed by atoms with Gasteiger partial charge in [0.1, 0.15) is 0 Å². The third-order valence-corrected chi connectivity index (χ3v) is 6.10. The zero-order chi connectivity index (χ0) is 13.6. The SMILES string of the molecule is CC(C(F)(F)C(F)(F)C(F)(F)F)[Si](Cl)(Cl)Cl. The first-order chi connectivity index (χ1) is 6.65. The molecule has 0 aromatic carbocycles. The van der Waals surface area contributed by atoms with Crippen LogP contribution >= 0.6 is 33.2 Å². The molecular formula is C5H4Cl3F7Si. The summed E-state index contributed by atoms with van der Waals surface area (Å²) in [6.45, 7) is 0.346. The van der Waals surface area contributed by atoms with Gasteiger partial charge in [-0.05, 0) is 0 Å². The fraction of sp³-hybridized carbons (Fsp3) is 1.00. The van der Waals surface area contributed by atoms with E-state index in [1.165, 1.54) is 0 Å². The Morgan fingerprint density at radius 3 is 1.38 bits per heavy atom. The van der Waals surface area contributed by atoms with Crippen molar-refractivity contribution >= 4 is 39.2 Å². The molecule has 0 saturated heterocycles. The maximum Gasteiger partial charge on any atom is 0.459 e. The average molecular weight is 332 g/mol. The van der Waals surface area contributed by atoms with Gasteiger partial charge in [-0.25, -0.2) is 0 Å². The van der Waals surface area contributed by atoms with Crippen LogP contribution in [0.4, 0.5) is 30.7 Å². The van der Waals surface area contributed by atoms with Crippen LogP contribution in [-0.4, -0.2) is 24.0 Å². The van der Waals surface area contributed by atoms with Crippen LogP contribution in [0.1, 0.15) is 6.92 Å². The lowest BCUT2D eigenvalue weighted by Crippen LogP contribution is -2.56. The van der Waals surface area contributed by atoms with E-state index in [4.69, 9.17) is 33.2 Å². The second kappa shape index (κ2) is 4.36. The molecule has 11 heteroatoms. The Kier molecular flexibility index (Phi) is 4.53. The van der Waals surface area contributed by atoms with E-state index in [1.54, 1.807) is 0 Å². The van der Waals surface area contributed by atoms with E-state index in [2.05, 4.69) is 0 Å². The van der Waals surface area contributed by atoms with Gasteiger partial charge in [0.25, 0.3) is 0 Å². The Bertz CT molecular complexity index is 258. The first-order valence-electron chi connectivity index (χ1n) is 3.54. The molecule has 0 bridgehead atoms. The molecule has 0 radical (unpaired) electrons. The summed E-state index contributed by atoms with van der Waals surface area (Å²) in [6.07, 6.45) is -6.41. The lowest BCUT2D eigenvalue weighted by Gasteiger charge is -2.34. The molecule has 1 unspecified atom stereocenters. The zero-order valence-electron chi connectivity index (χ0n) is 7.36. The van der Waals surface area contributed by atoms with Crippen molar-refractivity contribution in [2.45, 2.75) is 30.5 Å². The van der Waals surface area contributed by atoms with Crippen LogP contribution in [0.5, 0.6) is 0 Å². The summed E-state index contributed by atoms with van der Waals surface area (Å²) in [5.41, 5.74) is -2.68. The Morgan fingerprint density at radius 1 is 0.875 bits per heavy atom. The summed E-state index contributed by atoms with van der Waals surface area (Å²) >= 11 is 15.0. The van der Waals surface area contributed by atoms with Crippen molar-refractivity contribution in [3.05, 3.63) is 0 Å². The molecule has 0 aliphatic heterocycles. The second-order valence-electron chi connectivity index (χ2n) is 2.96. The monoisotopic (exact) mass is 330 g/mol. The average Bonchev–Trinajstić information content (AvgIpc) is 1.98. The van der Waals surface area contributed by atoms with Crippen molar-refractivity contribution < 1.29 is 30.7 Å². The minimum atomic E-state index is -6.41. The van der Waals surface area contributed by atoms with Crippen LogP contribution in [-0.2, 0) is 0 Å². The first-order valence-corrected chi connectivity index (χ1v) is 8.66. The first kappa shape index (κ1) is 16.6. The molecular weight excluding hydrogens is 327 g/mol. The minimum absolute atomic E-state index is 0.346. The highest BCUT2D eigenvalue weighted by Gasteiger charge is 2.76. The second-order valence-corrected chi connectivity index (χ2v) is 12.0. The molecule has 0 aromatic heterocycles. The van der Waals surface area contributed by atoms with E-state index in [1.807, 2.05) is 0 Å². The summed E-state index contributed by atoms with van der Waals surface area (Å²) < 4.78 is 85.9. The van der Waals surface area contributed by atoms with E-state index < -0.39 is 29.6 Å². The standard InChI is InChI=1S/C5H4Cl3F7Si/c1-2(16(6,7)8)3(9,10)4(11,12)5(13,14)15/h2H,1H3. The molecule has 0 aromatic rings. The molecule has 16 heavy (non-hydrogen) atoms. The molecule has 0 rings (SSSR count). The lowest BCUT2D eigenvalue weighted by molar-refractivity contribution is -0.354. The van der Waals surface area contributed by atoms with Gasteiger partial charge in [0.15, 0.2) is 0 Å². The summed E-state index contributed by atoms with van der Waals surface area (Å²) in [5.74, 6) is -11.7. The van der Waals surface area contributed by atoms with Crippen LogP contribution in [0, 0.1) is 0 Å². The van der Waals surface area contributed by atoms with Crippen LogP contribution < -0.4 is 0 Å². The van der Waals surface area contributed by atoms with Gasteiger partial charge < -0.3 is 0 Å².